The molecule has 0 aromatic carbocycles. The van der Waals surface area contributed by atoms with E-state index in [1.807, 2.05) is 0 Å². The van der Waals surface area contributed by atoms with E-state index >= 15 is 4.39 Å². The molecule has 0 amide bonds. The van der Waals surface area contributed by atoms with Gasteiger partial charge in [0.25, 0.3) is 11.1 Å². The van der Waals surface area contributed by atoms with E-state index in [1.165, 1.54) is 0 Å². The second-order valence-electron chi connectivity index (χ2n) is 9.73. The number of halogens is 1. The van der Waals surface area contributed by atoms with Gasteiger partial charge in [-0.1, -0.05) is 22.7 Å². The lowest BCUT2D eigenvalue weighted by Gasteiger charge is -2.26. The monoisotopic (exact) mass is 695 g/mol. The number of alkyl halides is 1. The van der Waals surface area contributed by atoms with E-state index < -0.39 is 74.3 Å². The van der Waals surface area contributed by atoms with Crippen molar-refractivity contribution < 1.29 is 41.4 Å². The first kappa shape index (κ1) is 29.9. The van der Waals surface area contributed by atoms with Gasteiger partial charge in [-0.05, 0) is 11.8 Å². The number of nitrogens with zero attached hydrogens (tertiary/aromatic N) is 8. The molecule has 236 valence electrons. The van der Waals surface area contributed by atoms with Crippen molar-refractivity contribution in [1.82, 2.24) is 49.9 Å². The van der Waals surface area contributed by atoms with Gasteiger partial charge in [-0.3, -0.25) is 28.1 Å². The predicted octanol–water partition coefficient (Wildman–Crippen LogP) is -0.780. The van der Waals surface area contributed by atoms with Crippen LogP contribution >= 0.6 is 25.8 Å². The van der Waals surface area contributed by atoms with Gasteiger partial charge in [0.15, 0.2) is 41.0 Å². The quantitative estimate of drug-likeness (QED) is 0.127. The maximum atomic E-state index is 15.9. The fraction of sp³-hybridized carbons (Fsp3) is 0.556. The van der Waals surface area contributed by atoms with Crippen molar-refractivity contribution in [3.63, 3.8) is 0 Å². The Morgan fingerprint density at radius 3 is 2.55 bits per heavy atom. The topological polar surface area (TPSA) is 272 Å². The van der Waals surface area contributed by atoms with Crippen molar-refractivity contribution in [2.45, 2.75) is 49.5 Å². The number of rotatable bonds is 2. The lowest BCUT2D eigenvalue weighted by atomic mass is 10.1. The molecular formula is C18H20FN11O10P2S2. The molecule has 3 aliphatic heterocycles. The van der Waals surface area contributed by atoms with Crippen LogP contribution in [0, 0.1) is 0 Å². The molecule has 7 heterocycles. The number of hydrogen-bond acceptors (Lipinski definition) is 17. The van der Waals surface area contributed by atoms with Crippen LogP contribution in [0.15, 0.2) is 15.9 Å². The first-order chi connectivity index (χ1) is 20.9. The van der Waals surface area contributed by atoms with Gasteiger partial charge >= 0.3 is 13.5 Å². The lowest BCUT2D eigenvalue weighted by molar-refractivity contribution is -0.0630. The van der Waals surface area contributed by atoms with Crippen molar-refractivity contribution in [3.05, 3.63) is 27.0 Å². The number of nitrogen functional groups attached to an aromatic ring is 1. The summed E-state index contributed by atoms with van der Waals surface area (Å²) in [6, 6.07) is 0. The molecule has 2 bridgehead atoms. The van der Waals surface area contributed by atoms with Crippen LogP contribution < -0.4 is 16.9 Å². The molecule has 5 N–H and O–H groups in total. The second kappa shape index (κ2) is 10.9. The minimum Gasteiger partial charge on any atom is -0.369 e. The summed E-state index contributed by atoms with van der Waals surface area (Å²) in [6.45, 7) is -9.49. The minimum absolute atomic E-state index is 0.0173. The molecule has 3 saturated heterocycles. The summed E-state index contributed by atoms with van der Waals surface area (Å²) in [5.74, 6) is -0.220. The molecule has 0 saturated carbocycles. The summed E-state index contributed by atoms with van der Waals surface area (Å²) in [4.78, 5) is 47.8. The second-order valence-corrected chi connectivity index (χ2v) is 15.4. The van der Waals surface area contributed by atoms with Gasteiger partial charge in [0.1, 0.15) is 18.3 Å². The third kappa shape index (κ3) is 5.38. The van der Waals surface area contributed by atoms with Crippen molar-refractivity contribution >= 4 is 65.8 Å². The molecule has 26 heteroatoms. The maximum absolute atomic E-state index is 15.9. The third-order valence-corrected chi connectivity index (χ3v) is 10.1. The van der Waals surface area contributed by atoms with E-state index in [-0.39, 0.29) is 41.3 Å². The van der Waals surface area contributed by atoms with Gasteiger partial charge in [0.2, 0.25) is 5.95 Å². The first-order valence-corrected chi connectivity index (χ1v) is 17.8. The van der Waals surface area contributed by atoms with E-state index in [0.29, 0.717) is 0 Å². The van der Waals surface area contributed by atoms with Crippen LogP contribution in [-0.2, 0) is 43.9 Å². The summed E-state index contributed by atoms with van der Waals surface area (Å²) in [5, 5.41) is 15.2. The largest absolute Gasteiger partial charge is 0.386 e. The highest BCUT2D eigenvalue weighted by Crippen LogP contribution is 2.58. The molecule has 2 unspecified atom stereocenters. The van der Waals surface area contributed by atoms with Crippen LogP contribution in [0.2, 0.25) is 0 Å². The highest BCUT2D eigenvalue weighted by Gasteiger charge is 2.52. The predicted molar refractivity (Wildman–Crippen MR) is 148 cm³/mol. The van der Waals surface area contributed by atoms with Gasteiger partial charge in [-0.2, -0.15) is 14.3 Å². The molecule has 44 heavy (non-hydrogen) atoms. The first-order valence-electron chi connectivity index (χ1n) is 12.5. The smallest absolute Gasteiger partial charge is 0.369 e. The average Bonchev–Trinajstić information content (AvgIpc) is 3.72. The summed E-state index contributed by atoms with van der Waals surface area (Å²) < 4.78 is 65.3. The zero-order valence-electron chi connectivity index (χ0n) is 21.6. The van der Waals surface area contributed by atoms with Crippen LogP contribution in [-0.4, -0.2) is 98.6 Å². The Bertz CT molecular complexity index is 1970. The molecule has 21 nitrogen and oxygen atoms in total. The molecular weight excluding hydrogens is 675 g/mol. The van der Waals surface area contributed by atoms with Crippen molar-refractivity contribution in [3.8, 4) is 0 Å². The molecule has 0 radical (unpaired) electrons. The van der Waals surface area contributed by atoms with Gasteiger partial charge in [-0.15, -0.1) is 10.2 Å². The van der Waals surface area contributed by atoms with E-state index in [2.05, 4.69) is 52.8 Å². The van der Waals surface area contributed by atoms with Crippen molar-refractivity contribution in [2.24, 2.45) is 0 Å². The van der Waals surface area contributed by atoms with E-state index in [9.17, 15) is 19.0 Å². The fourth-order valence-corrected chi connectivity index (χ4v) is 7.94. The van der Waals surface area contributed by atoms with Gasteiger partial charge in [0.05, 0.1) is 25.6 Å². The number of thiol groups is 1. The highest BCUT2D eigenvalue weighted by molar-refractivity contribution is 8.44. The molecule has 4 aromatic rings. The molecule has 3 fully saturated rings. The number of nitrogens with two attached hydrogens (primary N) is 1. The Morgan fingerprint density at radius 2 is 1.77 bits per heavy atom. The number of nitrogens with one attached hydrogen (secondary N) is 2. The zero-order chi connectivity index (χ0) is 31.0. The normalized spacial score (nSPS) is 36.6. The number of fused-ring (bicyclic) bond motifs is 5. The molecule has 3 aliphatic rings. The van der Waals surface area contributed by atoms with E-state index in [0.717, 1.165) is 15.7 Å². The van der Waals surface area contributed by atoms with Crippen molar-refractivity contribution in [1.29, 1.82) is 0 Å². The lowest BCUT2D eigenvalue weighted by Crippen LogP contribution is -2.34. The Morgan fingerprint density at radius 1 is 1.05 bits per heavy atom. The fourth-order valence-electron chi connectivity index (χ4n) is 4.99. The van der Waals surface area contributed by atoms with Crippen LogP contribution in [0.25, 0.3) is 22.3 Å². The number of aromatic nitrogens is 10. The molecule has 7 rings (SSSR count). The summed E-state index contributed by atoms with van der Waals surface area (Å²) in [6.07, 6.45) is -8.80. The zero-order valence-corrected chi connectivity index (χ0v) is 25.1. The summed E-state index contributed by atoms with van der Waals surface area (Å²) in [7, 11) is 0. The number of hydrogen-bond donors (Lipinski definition) is 5. The van der Waals surface area contributed by atoms with Crippen LogP contribution in [0.5, 0.6) is 0 Å². The standard InChI is InChI=1S/C18H20FN11O10P2S2/c19-8-11-7(38-17(8)29-12-9(25-27-29)14(31)22-4-21-12)3-36-41(33,43)39-6-1-5(2-35-42(34,44)40-11)37-16(6)30-13-10(26-28-30)15(32)24-18(20)23-13/h4-8,11,16-17H,1-3H2,(H,33,43)(H,34,44)(H,21,22,31)(H3,20,23,24,32)/t5-,6-,7-,8+,11-,16-,17-,41?,42?/m1/s1. The van der Waals surface area contributed by atoms with Gasteiger partial charge in [0, 0.05) is 6.42 Å². The molecule has 0 spiro atoms. The number of H-pyrrole nitrogens is 2. The van der Waals surface area contributed by atoms with Gasteiger partial charge in [-0.25, -0.2) is 13.9 Å². The molecule has 9 atom stereocenters. The number of ether oxygens (including phenoxy) is 2. The summed E-state index contributed by atoms with van der Waals surface area (Å²) in [5.41, 5.74) is 3.91. The Hall–Kier alpha value is -2.76. The van der Waals surface area contributed by atoms with Crippen LogP contribution in [0.1, 0.15) is 18.9 Å². The highest BCUT2D eigenvalue weighted by atomic mass is 32.7. The van der Waals surface area contributed by atoms with E-state index in [1.54, 1.807) is 0 Å². The Balaban J connectivity index is 1.19. The van der Waals surface area contributed by atoms with Crippen LogP contribution in [0.4, 0.5) is 10.3 Å². The SMILES string of the molecule is Nc1nc2c(nnn2[C@@H]2O[C@H]3COP(O)(=S)O[C@H]4[C@H](F)[C@H](n5nnc6c(=O)[nH]cnc65)O[C@@H]4COP(=O)(S)O[C@@H]2C3)c(=O)[nH]1. The third-order valence-electron chi connectivity index (χ3n) is 6.86. The number of aromatic amines is 2. The summed E-state index contributed by atoms with van der Waals surface area (Å²) >= 11 is 9.22. The number of anilines is 1. The Kier molecular flexibility index (Phi) is 7.44. The maximum Gasteiger partial charge on any atom is 0.386 e. The van der Waals surface area contributed by atoms with Crippen molar-refractivity contribution in [2.75, 3.05) is 18.9 Å². The molecule has 0 aliphatic carbocycles. The van der Waals surface area contributed by atoms with Crippen LogP contribution in [0.3, 0.4) is 0 Å². The minimum atomic E-state index is -4.27. The molecule has 4 aromatic heterocycles. The van der Waals surface area contributed by atoms with Gasteiger partial charge < -0.3 is 29.6 Å². The Labute approximate surface area is 252 Å². The average molecular weight is 696 g/mol. The van der Waals surface area contributed by atoms with E-state index in [4.69, 9.17) is 45.1 Å².